The second kappa shape index (κ2) is 7.82. The van der Waals surface area contributed by atoms with E-state index in [0.29, 0.717) is 11.5 Å². The molecule has 2 aromatic carbocycles. The van der Waals surface area contributed by atoms with Gasteiger partial charge >= 0.3 is 5.82 Å². The fraction of sp³-hybridized carbons (Fsp3) is 0.0588. The van der Waals surface area contributed by atoms with Crippen LogP contribution >= 0.6 is 11.3 Å². The Bertz CT molecular complexity index is 1380. The monoisotopic (exact) mass is 461 g/mol. The molecule has 0 saturated heterocycles. The first-order chi connectivity index (χ1) is 14.8. The Morgan fingerprint density at radius 3 is 2.68 bits per heavy atom. The van der Waals surface area contributed by atoms with E-state index in [9.17, 15) is 23.1 Å². The van der Waals surface area contributed by atoms with Crippen LogP contribution in [0, 0.1) is 10.1 Å². The smallest absolute Gasteiger partial charge is 0.317 e. The van der Waals surface area contributed by atoms with Crippen LogP contribution in [0.25, 0.3) is 22.9 Å². The van der Waals surface area contributed by atoms with Crippen LogP contribution in [0.4, 0.5) is 5.69 Å². The average molecular weight is 461 g/mol. The molecule has 0 unspecified atom stereocenters. The van der Waals surface area contributed by atoms with Gasteiger partial charge in [-0.1, -0.05) is 17.1 Å². The van der Waals surface area contributed by atoms with Crippen molar-refractivity contribution in [3.63, 3.8) is 0 Å². The van der Waals surface area contributed by atoms with Crippen molar-refractivity contribution >= 4 is 27.1 Å². The molecule has 0 bridgehead atoms. The summed E-state index contributed by atoms with van der Waals surface area (Å²) in [4.78, 5) is 16.9. The molecule has 0 fully saturated rings. The SMILES string of the molecule is COc1cc([N+](=O)[O-])ccc1-n1nc(-c2ccccc2S(=O)(=O)O)n[n+]1-c1cscn1. The standard InChI is InChI=1S/C17H12N6O6S2/c1-29-14-8-11(23(24)25)6-7-13(14)21-19-17(20-22(21)16-9-30-10-18-16)12-4-2-3-5-15(12)31(26,27)28/h2-10H,1H3/p+1. The number of rotatable bonds is 6. The number of non-ortho nitro benzene ring substituents is 1. The van der Waals surface area contributed by atoms with Gasteiger partial charge in [-0.3, -0.25) is 14.7 Å². The molecule has 0 aliphatic rings. The van der Waals surface area contributed by atoms with Gasteiger partial charge in [0.05, 0.1) is 29.0 Å². The second-order valence-electron chi connectivity index (χ2n) is 6.03. The van der Waals surface area contributed by atoms with E-state index in [1.54, 1.807) is 17.0 Å². The lowest BCUT2D eigenvalue weighted by atomic mass is 10.2. The van der Waals surface area contributed by atoms with E-state index in [-0.39, 0.29) is 27.7 Å². The highest BCUT2D eigenvalue weighted by Crippen LogP contribution is 2.28. The van der Waals surface area contributed by atoms with E-state index in [2.05, 4.69) is 15.2 Å². The van der Waals surface area contributed by atoms with E-state index in [1.807, 2.05) is 0 Å². The van der Waals surface area contributed by atoms with Gasteiger partial charge in [0.25, 0.3) is 21.6 Å². The molecule has 4 rings (SSSR count). The van der Waals surface area contributed by atoms with Gasteiger partial charge in [-0.2, -0.15) is 8.42 Å². The van der Waals surface area contributed by atoms with E-state index >= 15 is 0 Å². The van der Waals surface area contributed by atoms with Crippen molar-refractivity contribution in [2.75, 3.05) is 7.11 Å². The highest BCUT2D eigenvalue weighted by Gasteiger charge is 2.28. The summed E-state index contributed by atoms with van der Waals surface area (Å²) in [5.41, 5.74) is 1.75. The maximum Gasteiger partial charge on any atom is 0.317 e. The molecule has 1 N–H and O–H groups in total. The molecule has 12 nitrogen and oxygen atoms in total. The minimum absolute atomic E-state index is 0.0263. The number of nitro benzene ring substituents is 1. The van der Waals surface area contributed by atoms with Gasteiger partial charge in [0.2, 0.25) is 0 Å². The van der Waals surface area contributed by atoms with Gasteiger partial charge < -0.3 is 4.74 Å². The molecule has 2 heterocycles. The minimum atomic E-state index is -4.54. The number of hydrogen-bond donors (Lipinski definition) is 1. The molecule has 0 saturated carbocycles. The van der Waals surface area contributed by atoms with Gasteiger partial charge in [-0.25, -0.2) is 0 Å². The Balaban J connectivity index is 1.98. The van der Waals surface area contributed by atoms with Gasteiger partial charge in [0.15, 0.2) is 16.9 Å². The van der Waals surface area contributed by atoms with E-state index < -0.39 is 15.0 Å². The van der Waals surface area contributed by atoms with Crippen LogP contribution in [0.5, 0.6) is 5.75 Å². The number of hydrogen-bond acceptors (Lipinski definition) is 9. The van der Waals surface area contributed by atoms with Crippen molar-refractivity contribution in [2.24, 2.45) is 0 Å². The number of methoxy groups -OCH3 is 1. The molecule has 0 atom stereocenters. The third kappa shape index (κ3) is 3.86. The summed E-state index contributed by atoms with van der Waals surface area (Å²) in [6, 6.07) is 9.63. The number of ether oxygens (including phenoxy) is 1. The molecule has 2 aromatic heterocycles. The van der Waals surface area contributed by atoms with Crippen LogP contribution in [0.1, 0.15) is 0 Å². The van der Waals surface area contributed by atoms with Crippen LogP contribution in [-0.2, 0) is 10.1 Å². The number of nitrogens with zero attached hydrogens (tertiary/aromatic N) is 6. The van der Waals surface area contributed by atoms with Crippen LogP contribution in [0.2, 0.25) is 0 Å². The van der Waals surface area contributed by atoms with Crippen molar-refractivity contribution in [2.45, 2.75) is 4.90 Å². The molecular formula is C17H13N6O6S2+. The molecule has 0 aliphatic heterocycles. The molecule has 14 heteroatoms. The Kier molecular flexibility index (Phi) is 5.18. The van der Waals surface area contributed by atoms with Crippen molar-refractivity contribution in [3.05, 3.63) is 63.5 Å². The van der Waals surface area contributed by atoms with Gasteiger partial charge in [-0.15, -0.1) is 11.3 Å². The molecule has 0 radical (unpaired) electrons. The summed E-state index contributed by atoms with van der Waals surface area (Å²) in [6.45, 7) is 0. The Labute approximate surface area is 178 Å². The number of thiazole rings is 1. The lowest BCUT2D eigenvalue weighted by Crippen LogP contribution is -2.43. The molecule has 31 heavy (non-hydrogen) atoms. The number of aromatic nitrogens is 5. The lowest BCUT2D eigenvalue weighted by molar-refractivity contribution is -0.737. The summed E-state index contributed by atoms with van der Waals surface area (Å²) in [5, 5.41) is 21.5. The first-order valence-corrected chi connectivity index (χ1v) is 10.9. The summed E-state index contributed by atoms with van der Waals surface area (Å²) < 4.78 is 38.5. The maximum absolute atomic E-state index is 11.8. The summed E-state index contributed by atoms with van der Waals surface area (Å²) in [6.07, 6.45) is 0. The van der Waals surface area contributed by atoms with Gasteiger partial charge in [-0.05, 0) is 32.9 Å². The molecule has 0 amide bonds. The summed E-state index contributed by atoms with van der Waals surface area (Å²) >= 11 is 1.30. The first kappa shape index (κ1) is 20.5. The first-order valence-electron chi connectivity index (χ1n) is 8.47. The zero-order valence-corrected chi connectivity index (χ0v) is 17.3. The maximum atomic E-state index is 11.8. The number of nitro groups is 1. The number of benzene rings is 2. The van der Waals surface area contributed by atoms with Crippen molar-refractivity contribution in [3.8, 4) is 28.6 Å². The fourth-order valence-corrected chi connectivity index (χ4v) is 4.02. The normalized spacial score (nSPS) is 11.4. The van der Waals surface area contributed by atoms with Crippen molar-refractivity contribution in [1.29, 1.82) is 0 Å². The predicted molar refractivity (Wildman–Crippen MR) is 107 cm³/mol. The molecule has 4 aromatic rings. The third-order valence-corrected chi connectivity index (χ3v) is 5.66. The van der Waals surface area contributed by atoms with Crippen LogP contribution in [0.15, 0.2) is 58.3 Å². The zero-order chi connectivity index (χ0) is 22.2. The van der Waals surface area contributed by atoms with Gasteiger partial charge in [0, 0.05) is 11.2 Å². The van der Waals surface area contributed by atoms with Crippen LogP contribution < -0.4 is 9.53 Å². The minimum Gasteiger partial charge on any atom is -0.494 e. The molecule has 0 aliphatic carbocycles. The Hall–Kier alpha value is -3.75. The highest BCUT2D eigenvalue weighted by molar-refractivity contribution is 7.86. The lowest BCUT2D eigenvalue weighted by Gasteiger charge is -2.06. The fourth-order valence-electron chi connectivity index (χ4n) is 2.82. The zero-order valence-electron chi connectivity index (χ0n) is 15.7. The van der Waals surface area contributed by atoms with Crippen molar-refractivity contribution in [1.82, 2.24) is 20.0 Å². The average Bonchev–Trinajstić information content (AvgIpc) is 3.42. The summed E-state index contributed by atoms with van der Waals surface area (Å²) in [5.74, 6) is 0.479. The molecule has 0 spiro atoms. The van der Waals surface area contributed by atoms with E-state index in [4.69, 9.17) is 4.74 Å². The van der Waals surface area contributed by atoms with E-state index in [0.717, 1.165) is 0 Å². The topological polar surface area (TPSA) is 154 Å². The van der Waals surface area contributed by atoms with Gasteiger partial charge in [0.1, 0.15) is 4.90 Å². The quantitative estimate of drug-likeness (QED) is 0.196. The Morgan fingerprint density at radius 2 is 2.03 bits per heavy atom. The van der Waals surface area contributed by atoms with Crippen LogP contribution in [0.3, 0.4) is 0 Å². The summed E-state index contributed by atoms with van der Waals surface area (Å²) in [7, 11) is -3.19. The third-order valence-electron chi connectivity index (χ3n) is 4.18. The molecule has 158 valence electrons. The predicted octanol–water partition coefficient (Wildman–Crippen LogP) is 1.83. The number of tetrazole rings is 1. The largest absolute Gasteiger partial charge is 0.494 e. The van der Waals surface area contributed by atoms with Crippen LogP contribution in [-0.4, -0.2) is 45.0 Å². The molecular weight excluding hydrogens is 448 g/mol. The highest BCUT2D eigenvalue weighted by atomic mass is 32.2. The second-order valence-corrected chi connectivity index (χ2v) is 8.14. The van der Waals surface area contributed by atoms with Crippen molar-refractivity contribution < 1.29 is 27.4 Å². The van der Waals surface area contributed by atoms with E-state index in [1.165, 1.54) is 64.4 Å². The Morgan fingerprint density at radius 1 is 1.26 bits per heavy atom.